The summed E-state index contributed by atoms with van der Waals surface area (Å²) in [7, 11) is 0. The lowest BCUT2D eigenvalue weighted by Gasteiger charge is -2.21. The van der Waals surface area contributed by atoms with Crippen LogP contribution in [0.4, 0.5) is 0 Å². The molecule has 0 spiro atoms. The van der Waals surface area contributed by atoms with E-state index in [1.165, 1.54) is 0 Å². The van der Waals surface area contributed by atoms with Crippen molar-refractivity contribution in [1.29, 1.82) is 0 Å². The molecule has 0 saturated heterocycles. The number of rotatable bonds is 2. The van der Waals surface area contributed by atoms with Gasteiger partial charge in [-0.05, 0) is 22.9 Å². The van der Waals surface area contributed by atoms with E-state index in [0.717, 1.165) is 11.4 Å². The van der Waals surface area contributed by atoms with Crippen molar-refractivity contribution in [3.63, 3.8) is 0 Å². The van der Waals surface area contributed by atoms with Gasteiger partial charge in [-0.25, -0.2) is 4.99 Å². The number of fused-ring (bicyclic) bond motifs is 1. The van der Waals surface area contributed by atoms with E-state index in [0.29, 0.717) is 6.04 Å². The van der Waals surface area contributed by atoms with Gasteiger partial charge in [0.25, 0.3) is 0 Å². The van der Waals surface area contributed by atoms with E-state index in [1.807, 2.05) is 54.8 Å². The van der Waals surface area contributed by atoms with Crippen LogP contribution in [0.15, 0.2) is 64.9 Å². The van der Waals surface area contributed by atoms with Gasteiger partial charge in [-0.15, -0.1) is 4.91 Å². The van der Waals surface area contributed by atoms with Gasteiger partial charge in [-0.2, -0.15) is 0 Å². The van der Waals surface area contributed by atoms with Crippen molar-refractivity contribution in [2.24, 2.45) is 10.2 Å². The minimum absolute atomic E-state index is 0.561. The molecule has 2 heterocycles. The van der Waals surface area contributed by atoms with Crippen molar-refractivity contribution < 1.29 is 0 Å². The quantitative estimate of drug-likeness (QED) is 0.724. The third-order valence-corrected chi connectivity index (χ3v) is 2.78. The first kappa shape index (κ1) is 9.96. The summed E-state index contributed by atoms with van der Waals surface area (Å²) in [6.45, 7) is 0. The van der Waals surface area contributed by atoms with Crippen LogP contribution >= 0.6 is 0 Å². The van der Waals surface area contributed by atoms with E-state index >= 15 is 0 Å². The maximum atomic E-state index is 11.0. The Kier molecular flexibility index (Phi) is 2.33. The number of aliphatic imine (C=N–C) groups is 1. The Balaban J connectivity index is 2.01. The fraction of sp³-hybridized carbons (Fsp3) is 0.0769. The first-order valence-electron chi connectivity index (χ1n) is 5.37. The molecule has 0 fully saturated rings. The first-order valence-corrected chi connectivity index (χ1v) is 5.37. The molecule has 4 heteroatoms. The summed E-state index contributed by atoms with van der Waals surface area (Å²) >= 11 is 0. The van der Waals surface area contributed by atoms with Crippen molar-refractivity contribution >= 4 is 5.84 Å². The van der Waals surface area contributed by atoms with E-state index in [9.17, 15) is 4.91 Å². The molecule has 0 amide bonds. The normalized spacial score (nSPS) is 22.5. The molecule has 2 aliphatic heterocycles. The van der Waals surface area contributed by atoms with Crippen molar-refractivity contribution in [2.75, 3.05) is 0 Å². The van der Waals surface area contributed by atoms with Gasteiger partial charge in [-0.3, -0.25) is 0 Å². The molecule has 0 bridgehead atoms. The predicted octanol–water partition coefficient (Wildman–Crippen LogP) is 2.46. The highest BCUT2D eigenvalue weighted by atomic mass is 16.3. The summed E-state index contributed by atoms with van der Waals surface area (Å²) in [5, 5.41) is 3.17. The molecule has 2 aliphatic rings. The van der Waals surface area contributed by atoms with E-state index in [4.69, 9.17) is 0 Å². The number of nitroso groups, excluding NO2 is 1. The van der Waals surface area contributed by atoms with Gasteiger partial charge in [0.15, 0.2) is 6.04 Å². The molecule has 0 aliphatic carbocycles. The molecule has 1 unspecified atom stereocenters. The van der Waals surface area contributed by atoms with Crippen LogP contribution in [0, 0.1) is 10.9 Å². The summed E-state index contributed by atoms with van der Waals surface area (Å²) in [5.74, 6) is 0.760. The molecule has 17 heavy (non-hydrogen) atoms. The maximum Gasteiger partial charge on any atom is 0.201 e. The second-order valence-electron chi connectivity index (χ2n) is 3.81. The Hall–Kier alpha value is -2.23. The lowest BCUT2D eigenvalue weighted by Crippen LogP contribution is -2.31. The van der Waals surface area contributed by atoms with Crippen LogP contribution in [0.3, 0.4) is 0 Å². The van der Waals surface area contributed by atoms with E-state index < -0.39 is 6.17 Å². The highest BCUT2D eigenvalue weighted by Gasteiger charge is 2.37. The molecule has 1 aromatic carbocycles. The fourth-order valence-electron chi connectivity index (χ4n) is 1.98. The van der Waals surface area contributed by atoms with E-state index in [-0.39, 0.29) is 0 Å². The third-order valence-electron chi connectivity index (χ3n) is 2.78. The average Bonchev–Trinajstić information content (AvgIpc) is 2.78. The molecule has 3 rings (SSSR count). The number of amidine groups is 1. The Labute approximate surface area is 98.9 Å². The topological polar surface area (TPSA) is 45.0 Å². The highest BCUT2D eigenvalue weighted by molar-refractivity contribution is 5.98. The molecule has 0 aromatic heterocycles. The monoisotopic (exact) mass is 224 g/mol. The van der Waals surface area contributed by atoms with Gasteiger partial charge < -0.3 is 4.90 Å². The highest BCUT2D eigenvalue weighted by Crippen LogP contribution is 2.32. The summed E-state index contributed by atoms with van der Waals surface area (Å²) in [6, 6.07) is 10.3. The summed E-state index contributed by atoms with van der Waals surface area (Å²) in [6.07, 6.45) is 6.89. The lowest BCUT2D eigenvalue weighted by atomic mass is 10.1. The Bertz CT molecular complexity index is 519. The zero-order valence-corrected chi connectivity index (χ0v) is 9.02. The van der Waals surface area contributed by atoms with Crippen LogP contribution in [0.25, 0.3) is 0 Å². The predicted molar refractivity (Wildman–Crippen MR) is 65.9 cm³/mol. The van der Waals surface area contributed by atoms with Gasteiger partial charge >= 0.3 is 0 Å². The summed E-state index contributed by atoms with van der Waals surface area (Å²) in [4.78, 5) is 17.2. The maximum absolute atomic E-state index is 11.0. The number of allylic oxidation sites excluding steroid dienone is 2. The van der Waals surface area contributed by atoms with Crippen LogP contribution in [0.5, 0.6) is 0 Å². The fourth-order valence-corrected chi connectivity index (χ4v) is 1.98. The first-order chi connectivity index (χ1) is 8.40. The Morgan fingerprint density at radius 1 is 1.18 bits per heavy atom. The second-order valence-corrected chi connectivity index (χ2v) is 3.81. The van der Waals surface area contributed by atoms with Crippen LogP contribution in [-0.2, 0) is 0 Å². The van der Waals surface area contributed by atoms with Crippen LogP contribution < -0.4 is 0 Å². The third kappa shape index (κ3) is 1.58. The average molecular weight is 224 g/mol. The molecule has 1 aromatic rings. The lowest BCUT2D eigenvalue weighted by molar-refractivity contribution is 0.460. The minimum atomic E-state index is -0.561. The van der Waals surface area contributed by atoms with Gasteiger partial charge in [0.05, 0.1) is 0 Å². The molecule has 4 nitrogen and oxygen atoms in total. The van der Waals surface area contributed by atoms with Crippen LogP contribution in [0.1, 0.15) is 5.56 Å². The molecule has 1 radical (unpaired) electrons. The van der Waals surface area contributed by atoms with Crippen LogP contribution in [0.2, 0.25) is 0 Å². The van der Waals surface area contributed by atoms with Crippen molar-refractivity contribution in [3.05, 3.63) is 71.3 Å². The van der Waals surface area contributed by atoms with Gasteiger partial charge in [0.2, 0.25) is 6.17 Å². The largest absolute Gasteiger partial charge is 0.305 e. The standard InChI is InChI=1S/C13H10N3O/c17-15-13-12(10-6-2-1-3-7-10)14-11-8-4-5-9-16(11)13/h1-9,13H. The molecule has 0 saturated carbocycles. The van der Waals surface area contributed by atoms with Crippen molar-refractivity contribution in [2.45, 2.75) is 6.17 Å². The number of hydrogen-bond acceptors (Lipinski definition) is 4. The molecule has 1 atom stereocenters. The van der Waals surface area contributed by atoms with Gasteiger partial charge in [-0.1, -0.05) is 36.4 Å². The smallest absolute Gasteiger partial charge is 0.201 e. The summed E-state index contributed by atoms with van der Waals surface area (Å²) < 4.78 is 0. The van der Waals surface area contributed by atoms with E-state index in [2.05, 4.69) is 10.2 Å². The SMILES string of the molecule is O=NC1[C](c2ccccc2)N=C2C=CC=CN21. The minimum Gasteiger partial charge on any atom is -0.305 e. The molecular weight excluding hydrogens is 214 g/mol. The zero-order chi connectivity index (χ0) is 11.7. The number of nitrogens with zero attached hydrogens (tertiary/aromatic N) is 3. The summed E-state index contributed by atoms with van der Waals surface area (Å²) in [5.41, 5.74) is 0.931. The molecule has 83 valence electrons. The number of hydrogen-bond donors (Lipinski definition) is 0. The Morgan fingerprint density at radius 2 is 2.00 bits per heavy atom. The van der Waals surface area contributed by atoms with E-state index in [1.54, 1.807) is 4.90 Å². The molecular formula is C13H10N3O. The number of benzene rings is 1. The van der Waals surface area contributed by atoms with Crippen molar-refractivity contribution in [3.8, 4) is 0 Å². The molecule has 0 N–H and O–H groups in total. The zero-order valence-electron chi connectivity index (χ0n) is 9.02. The van der Waals surface area contributed by atoms with Gasteiger partial charge in [0.1, 0.15) is 5.84 Å². The van der Waals surface area contributed by atoms with Gasteiger partial charge in [0, 0.05) is 6.20 Å². The van der Waals surface area contributed by atoms with Crippen molar-refractivity contribution in [1.82, 2.24) is 4.90 Å². The van der Waals surface area contributed by atoms with Crippen LogP contribution in [-0.4, -0.2) is 16.9 Å². The second kappa shape index (κ2) is 3.97. The Morgan fingerprint density at radius 3 is 2.76 bits per heavy atom.